The van der Waals surface area contributed by atoms with E-state index in [4.69, 9.17) is 4.42 Å². The molecule has 0 fully saturated rings. The van der Waals surface area contributed by atoms with Crippen LogP contribution in [0.2, 0.25) is 0 Å². The highest BCUT2D eigenvalue weighted by Gasteiger charge is 2.37. The van der Waals surface area contributed by atoms with Gasteiger partial charge in [-0.25, -0.2) is 0 Å². The van der Waals surface area contributed by atoms with Gasteiger partial charge in [0.1, 0.15) is 5.76 Å². The molecule has 154 valence electrons. The highest BCUT2D eigenvalue weighted by Crippen LogP contribution is 2.32. The summed E-state index contributed by atoms with van der Waals surface area (Å²) in [6.07, 6.45) is 1.92. The van der Waals surface area contributed by atoms with E-state index in [1.807, 2.05) is 11.4 Å². The fourth-order valence-corrected chi connectivity index (χ4v) is 4.31. The third-order valence-electron chi connectivity index (χ3n) is 5.06. The lowest BCUT2D eigenvalue weighted by Crippen LogP contribution is -2.41. The number of carbonyl (C=O) groups is 3. The summed E-state index contributed by atoms with van der Waals surface area (Å²) in [5.74, 6) is -0.605. The summed E-state index contributed by atoms with van der Waals surface area (Å²) in [4.78, 5) is 38.9. The lowest BCUT2D eigenvalue weighted by Gasteiger charge is -2.25. The van der Waals surface area contributed by atoms with Crippen LogP contribution in [-0.2, 0) is 10.4 Å². The van der Waals surface area contributed by atoms with Crippen LogP contribution < -0.4 is 5.32 Å². The van der Waals surface area contributed by atoms with Gasteiger partial charge in [0, 0.05) is 17.8 Å². The van der Waals surface area contributed by atoms with Gasteiger partial charge in [0.05, 0.1) is 23.9 Å². The zero-order valence-electron chi connectivity index (χ0n) is 16.0. The predicted molar refractivity (Wildman–Crippen MR) is 110 cm³/mol. The van der Waals surface area contributed by atoms with Crippen LogP contribution in [0.25, 0.3) is 0 Å². The van der Waals surface area contributed by atoms with Crippen LogP contribution >= 0.6 is 11.3 Å². The van der Waals surface area contributed by atoms with E-state index in [-0.39, 0.29) is 37.2 Å². The van der Waals surface area contributed by atoms with Crippen molar-refractivity contribution in [1.82, 2.24) is 10.2 Å². The Morgan fingerprint density at radius 3 is 2.40 bits per heavy atom. The van der Waals surface area contributed by atoms with Crippen molar-refractivity contribution in [3.8, 4) is 0 Å². The summed E-state index contributed by atoms with van der Waals surface area (Å²) in [5.41, 5.74) is -0.673. The number of hydrogen-bond donors (Lipinski definition) is 2. The van der Waals surface area contributed by atoms with Gasteiger partial charge in [0.25, 0.3) is 11.8 Å². The second kappa shape index (κ2) is 8.25. The number of aliphatic hydroxyl groups is 1. The Kier molecular flexibility index (Phi) is 5.52. The Labute approximate surface area is 176 Å². The molecule has 0 saturated heterocycles. The smallest absolute Gasteiger partial charge is 0.261 e. The average molecular weight is 424 g/mol. The first-order valence-electron chi connectivity index (χ1n) is 9.53. The van der Waals surface area contributed by atoms with E-state index in [9.17, 15) is 19.5 Å². The molecule has 0 bridgehead atoms. The van der Waals surface area contributed by atoms with Crippen LogP contribution in [-0.4, -0.2) is 40.8 Å². The number of hydrogen-bond acceptors (Lipinski definition) is 6. The minimum Gasteiger partial charge on any atom is -0.466 e. The Morgan fingerprint density at radius 1 is 1.07 bits per heavy atom. The number of thiophene rings is 1. The van der Waals surface area contributed by atoms with Crippen molar-refractivity contribution in [2.24, 2.45) is 0 Å². The van der Waals surface area contributed by atoms with Gasteiger partial charge in [0.2, 0.25) is 5.91 Å². The Morgan fingerprint density at radius 2 is 1.80 bits per heavy atom. The number of nitrogens with one attached hydrogen (secondary N) is 1. The summed E-state index contributed by atoms with van der Waals surface area (Å²) in [7, 11) is 0. The van der Waals surface area contributed by atoms with Gasteiger partial charge < -0.3 is 14.8 Å². The second-order valence-corrected chi connectivity index (χ2v) is 7.95. The normalized spacial score (nSPS) is 15.2. The number of nitrogens with zero attached hydrogens (tertiary/aromatic N) is 1. The topological polar surface area (TPSA) is 99.9 Å². The molecule has 3 aromatic rings. The molecule has 8 heteroatoms. The molecule has 30 heavy (non-hydrogen) atoms. The third-order valence-corrected chi connectivity index (χ3v) is 6.08. The number of furan rings is 1. The molecule has 7 nitrogen and oxygen atoms in total. The SMILES string of the molecule is O=C(CCCN1C(=O)c2ccccc2C1=O)NCC(O)(c1ccco1)c1cccs1. The minimum absolute atomic E-state index is 0.0487. The summed E-state index contributed by atoms with van der Waals surface area (Å²) in [5, 5.41) is 15.7. The van der Waals surface area contributed by atoms with Crippen molar-refractivity contribution in [1.29, 1.82) is 0 Å². The molecule has 1 aliphatic rings. The molecule has 1 atom stereocenters. The monoisotopic (exact) mass is 424 g/mol. The van der Waals surface area contributed by atoms with Gasteiger partial charge in [-0.3, -0.25) is 19.3 Å². The molecule has 2 N–H and O–H groups in total. The largest absolute Gasteiger partial charge is 0.466 e. The van der Waals surface area contributed by atoms with Crippen molar-refractivity contribution in [3.05, 3.63) is 81.9 Å². The van der Waals surface area contributed by atoms with Crippen molar-refractivity contribution < 1.29 is 23.9 Å². The first kappa shape index (κ1) is 20.1. The van der Waals surface area contributed by atoms with Crippen LogP contribution in [0.1, 0.15) is 44.2 Å². The number of fused-ring (bicyclic) bond motifs is 1. The molecule has 1 aromatic carbocycles. The van der Waals surface area contributed by atoms with E-state index in [0.717, 1.165) is 0 Å². The van der Waals surface area contributed by atoms with Crippen LogP contribution in [0.3, 0.4) is 0 Å². The standard InChI is InChI=1S/C22H20N2O5S/c25-19(10-3-11-24-20(26)15-6-1-2-7-16(15)21(24)27)23-14-22(28,17-8-4-12-29-17)18-9-5-13-30-18/h1-2,4-9,12-13,28H,3,10-11,14H2,(H,23,25). The summed E-state index contributed by atoms with van der Waals surface area (Å²) in [6.45, 7) is 0.111. The molecule has 1 aliphatic heterocycles. The molecule has 0 radical (unpaired) electrons. The molecule has 0 saturated carbocycles. The van der Waals surface area contributed by atoms with Gasteiger partial charge in [-0.1, -0.05) is 18.2 Å². The van der Waals surface area contributed by atoms with Crippen molar-refractivity contribution in [2.45, 2.75) is 18.4 Å². The first-order valence-corrected chi connectivity index (χ1v) is 10.4. The predicted octanol–water partition coefficient (Wildman–Crippen LogP) is 2.77. The lowest BCUT2D eigenvalue weighted by atomic mass is 9.98. The van der Waals surface area contributed by atoms with Gasteiger partial charge in [-0.15, -0.1) is 11.3 Å². The molecule has 0 spiro atoms. The summed E-state index contributed by atoms with van der Waals surface area (Å²) >= 11 is 1.37. The zero-order valence-corrected chi connectivity index (χ0v) is 16.9. The number of imide groups is 1. The minimum atomic E-state index is -1.46. The molecule has 3 amide bonds. The second-order valence-electron chi connectivity index (χ2n) is 7.00. The summed E-state index contributed by atoms with van der Waals surface area (Å²) in [6, 6.07) is 13.6. The molecule has 2 aromatic heterocycles. The Balaban J connectivity index is 1.32. The summed E-state index contributed by atoms with van der Waals surface area (Å²) < 4.78 is 5.38. The van der Waals surface area contributed by atoms with E-state index in [1.165, 1.54) is 22.5 Å². The Hall–Kier alpha value is -3.23. The molecule has 4 rings (SSSR count). The van der Waals surface area contributed by atoms with E-state index < -0.39 is 5.60 Å². The quantitative estimate of drug-likeness (QED) is 0.542. The number of carbonyl (C=O) groups excluding carboxylic acids is 3. The average Bonchev–Trinajstić information content (AvgIpc) is 3.51. The highest BCUT2D eigenvalue weighted by molar-refractivity contribution is 7.10. The van der Waals surface area contributed by atoms with Crippen LogP contribution in [0.5, 0.6) is 0 Å². The van der Waals surface area contributed by atoms with Gasteiger partial charge in [0.15, 0.2) is 5.60 Å². The van der Waals surface area contributed by atoms with Gasteiger partial charge in [-0.05, 0) is 42.1 Å². The highest BCUT2D eigenvalue weighted by atomic mass is 32.1. The molecular formula is C22H20N2O5S. The fraction of sp³-hybridized carbons (Fsp3) is 0.227. The number of benzene rings is 1. The number of amides is 3. The van der Waals surface area contributed by atoms with E-state index >= 15 is 0 Å². The first-order chi connectivity index (χ1) is 14.5. The molecule has 3 heterocycles. The molecule has 0 aliphatic carbocycles. The fourth-order valence-electron chi connectivity index (χ4n) is 3.48. The van der Waals surface area contributed by atoms with Gasteiger partial charge >= 0.3 is 0 Å². The van der Waals surface area contributed by atoms with Crippen LogP contribution in [0.4, 0.5) is 0 Å². The maximum Gasteiger partial charge on any atom is 0.261 e. The van der Waals surface area contributed by atoms with Crippen molar-refractivity contribution >= 4 is 29.1 Å². The van der Waals surface area contributed by atoms with Crippen molar-refractivity contribution in [2.75, 3.05) is 13.1 Å². The van der Waals surface area contributed by atoms with E-state index in [1.54, 1.807) is 42.5 Å². The number of rotatable bonds is 8. The maximum atomic E-state index is 12.4. The van der Waals surface area contributed by atoms with E-state index in [2.05, 4.69) is 5.32 Å². The third kappa shape index (κ3) is 3.67. The van der Waals surface area contributed by atoms with Crippen LogP contribution in [0.15, 0.2) is 64.6 Å². The maximum absolute atomic E-state index is 12.4. The molecular weight excluding hydrogens is 404 g/mol. The Bertz CT molecular complexity index is 990. The lowest BCUT2D eigenvalue weighted by molar-refractivity contribution is -0.122. The zero-order chi connectivity index (χ0) is 21.1. The van der Waals surface area contributed by atoms with Gasteiger partial charge in [-0.2, -0.15) is 0 Å². The van der Waals surface area contributed by atoms with Crippen molar-refractivity contribution in [3.63, 3.8) is 0 Å². The van der Waals surface area contributed by atoms with Crippen LogP contribution in [0, 0.1) is 0 Å². The molecule has 1 unspecified atom stereocenters. The van der Waals surface area contributed by atoms with E-state index in [0.29, 0.717) is 28.2 Å².